The van der Waals surface area contributed by atoms with Crippen molar-refractivity contribution in [1.82, 2.24) is 0 Å². The fourth-order valence-electron chi connectivity index (χ4n) is 3.82. The summed E-state index contributed by atoms with van der Waals surface area (Å²) in [7, 11) is 0. The highest BCUT2D eigenvalue weighted by molar-refractivity contribution is 5.50. The SMILES string of the molecule is C=C(O)CC1CCCN1c1ccc(Cc2ccc(C(C)(C)C)cc2)cc1. The number of anilines is 1. The molecule has 0 aromatic heterocycles. The maximum absolute atomic E-state index is 9.53. The van der Waals surface area contributed by atoms with Gasteiger partial charge in [-0.15, -0.1) is 0 Å². The zero-order valence-corrected chi connectivity index (χ0v) is 16.3. The van der Waals surface area contributed by atoms with Gasteiger partial charge in [0.2, 0.25) is 0 Å². The molecule has 1 unspecified atom stereocenters. The topological polar surface area (TPSA) is 23.5 Å². The molecule has 2 aromatic carbocycles. The van der Waals surface area contributed by atoms with Crippen LogP contribution in [0.25, 0.3) is 0 Å². The summed E-state index contributed by atoms with van der Waals surface area (Å²) in [4.78, 5) is 2.41. The zero-order chi connectivity index (χ0) is 18.7. The predicted octanol–water partition coefficient (Wildman–Crippen LogP) is 6.01. The molecular formula is C24H31NO. The number of nitrogens with zero attached hydrogens (tertiary/aromatic N) is 1. The quantitative estimate of drug-likeness (QED) is 0.669. The van der Waals surface area contributed by atoms with Crippen LogP contribution in [0.5, 0.6) is 0 Å². The van der Waals surface area contributed by atoms with Crippen LogP contribution in [0.3, 0.4) is 0 Å². The Bertz CT molecular complexity index is 737. The van der Waals surface area contributed by atoms with E-state index in [4.69, 9.17) is 0 Å². The van der Waals surface area contributed by atoms with Gasteiger partial charge in [-0.1, -0.05) is 63.7 Å². The average molecular weight is 350 g/mol. The van der Waals surface area contributed by atoms with E-state index in [-0.39, 0.29) is 11.2 Å². The summed E-state index contributed by atoms with van der Waals surface area (Å²) in [6.07, 6.45) is 3.94. The molecule has 1 aliphatic heterocycles. The Labute approximate surface area is 158 Å². The van der Waals surface area contributed by atoms with Crippen LogP contribution < -0.4 is 4.90 Å². The van der Waals surface area contributed by atoms with Crippen molar-refractivity contribution in [3.05, 3.63) is 77.6 Å². The largest absolute Gasteiger partial charge is 0.513 e. The molecule has 1 fully saturated rings. The molecule has 1 N–H and O–H groups in total. The maximum Gasteiger partial charge on any atom is 0.0871 e. The van der Waals surface area contributed by atoms with Gasteiger partial charge in [-0.2, -0.15) is 0 Å². The van der Waals surface area contributed by atoms with E-state index >= 15 is 0 Å². The first-order chi connectivity index (χ1) is 12.3. The van der Waals surface area contributed by atoms with Gasteiger partial charge >= 0.3 is 0 Å². The zero-order valence-electron chi connectivity index (χ0n) is 16.3. The number of aliphatic hydroxyl groups is 1. The van der Waals surface area contributed by atoms with Gasteiger partial charge < -0.3 is 10.0 Å². The molecule has 0 aliphatic carbocycles. The van der Waals surface area contributed by atoms with Crippen molar-refractivity contribution < 1.29 is 5.11 Å². The van der Waals surface area contributed by atoms with E-state index in [0.29, 0.717) is 12.5 Å². The van der Waals surface area contributed by atoms with Crippen LogP contribution in [0.1, 0.15) is 56.7 Å². The molecule has 1 aliphatic rings. The Morgan fingerprint density at radius 1 is 1.04 bits per heavy atom. The maximum atomic E-state index is 9.53. The smallest absolute Gasteiger partial charge is 0.0871 e. The lowest BCUT2D eigenvalue weighted by atomic mass is 9.86. The van der Waals surface area contributed by atoms with E-state index in [1.165, 1.54) is 28.8 Å². The van der Waals surface area contributed by atoms with Crippen molar-refractivity contribution >= 4 is 5.69 Å². The van der Waals surface area contributed by atoms with Gasteiger partial charge in [0, 0.05) is 24.7 Å². The number of hydrogen-bond donors (Lipinski definition) is 1. The highest BCUT2D eigenvalue weighted by atomic mass is 16.3. The third kappa shape index (κ3) is 4.49. The Kier molecular flexibility index (Phi) is 5.41. The molecule has 26 heavy (non-hydrogen) atoms. The van der Waals surface area contributed by atoms with Gasteiger partial charge in [-0.25, -0.2) is 0 Å². The molecule has 0 radical (unpaired) electrons. The molecule has 2 aromatic rings. The van der Waals surface area contributed by atoms with Crippen molar-refractivity contribution in [1.29, 1.82) is 0 Å². The second kappa shape index (κ2) is 7.57. The van der Waals surface area contributed by atoms with E-state index < -0.39 is 0 Å². The molecule has 0 spiro atoms. The molecule has 0 saturated carbocycles. The van der Waals surface area contributed by atoms with Crippen LogP contribution in [-0.4, -0.2) is 17.7 Å². The van der Waals surface area contributed by atoms with E-state index in [0.717, 1.165) is 19.4 Å². The van der Waals surface area contributed by atoms with Crippen molar-refractivity contribution in [2.24, 2.45) is 0 Å². The highest BCUT2D eigenvalue weighted by Crippen LogP contribution is 2.29. The standard InChI is InChI=1S/C24H31NO/c1-18(26)16-23-6-5-15-25(23)22-13-9-20(10-14-22)17-19-7-11-21(12-8-19)24(2,3)4/h7-14,23,26H,1,5-6,15-17H2,2-4H3. The molecule has 3 rings (SSSR count). The number of hydrogen-bond acceptors (Lipinski definition) is 2. The lowest BCUT2D eigenvalue weighted by Gasteiger charge is -2.26. The summed E-state index contributed by atoms with van der Waals surface area (Å²) >= 11 is 0. The van der Waals surface area contributed by atoms with Crippen molar-refractivity contribution in [3.63, 3.8) is 0 Å². The van der Waals surface area contributed by atoms with Crippen LogP contribution >= 0.6 is 0 Å². The third-order valence-electron chi connectivity index (χ3n) is 5.34. The lowest BCUT2D eigenvalue weighted by molar-refractivity contribution is 0.376. The second-order valence-corrected chi connectivity index (χ2v) is 8.55. The first kappa shape index (κ1) is 18.6. The minimum atomic E-state index is 0.201. The summed E-state index contributed by atoms with van der Waals surface area (Å²) in [5.74, 6) is 0.289. The fraction of sp³-hybridized carbons (Fsp3) is 0.417. The van der Waals surface area contributed by atoms with E-state index in [2.05, 4.69) is 80.8 Å². The molecule has 0 bridgehead atoms. The summed E-state index contributed by atoms with van der Waals surface area (Å²) in [5.41, 5.74) is 5.51. The van der Waals surface area contributed by atoms with Crippen molar-refractivity contribution in [3.8, 4) is 0 Å². The molecule has 138 valence electrons. The Balaban J connectivity index is 1.67. The number of benzene rings is 2. The normalized spacial score (nSPS) is 17.5. The first-order valence-electron chi connectivity index (χ1n) is 9.65. The summed E-state index contributed by atoms with van der Waals surface area (Å²) < 4.78 is 0. The van der Waals surface area contributed by atoms with Gasteiger partial charge in [-0.05, 0) is 53.5 Å². The predicted molar refractivity (Wildman–Crippen MR) is 111 cm³/mol. The van der Waals surface area contributed by atoms with Gasteiger partial charge in [0.05, 0.1) is 5.76 Å². The third-order valence-corrected chi connectivity index (χ3v) is 5.34. The Hall–Kier alpha value is -2.22. The van der Waals surface area contributed by atoms with E-state index in [1.54, 1.807) is 0 Å². The van der Waals surface area contributed by atoms with Crippen molar-refractivity contribution in [2.75, 3.05) is 11.4 Å². The number of aliphatic hydroxyl groups excluding tert-OH is 1. The Morgan fingerprint density at radius 2 is 1.62 bits per heavy atom. The minimum absolute atomic E-state index is 0.201. The second-order valence-electron chi connectivity index (χ2n) is 8.55. The molecule has 2 heteroatoms. The summed E-state index contributed by atoms with van der Waals surface area (Å²) in [6.45, 7) is 11.5. The average Bonchev–Trinajstić information content (AvgIpc) is 3.02. The van der Waals surface area contributed by atoms with Gasteiger partial charge in [0.15, 0.2) is 0 Å². The van der Waals surface area contributed by atoms with Crippen LogP contribution in [0.4, 0.5) is 5.69 Å². The summed E-state index contributed by atoms with van der Waals surface area (Å²) in [6, 6.07) is 18.3. The summed E-state index contributed by atoms with van der Waals surface area (Å²) in [5, 5.41) is 9.53. The first-order valence-corrected chi connectivity index (χ1v) is 9.65. The fourth-order valence-corrected chi connectivity index (χ4v) is 3.82. The van der Waals surface area contributed by atoms with Gasteiger partial charge in [-0.3, -0.25) is 0 Å². The van der Waals surface area contributed by atoms with Gasteiger partial charge in [0.25, 0.3) is 0 Å². The molecule has 1 saturated heterocycles. The van der Waals surface area contributed by atoms with Crippen molar-refractivity contribution in [2.45, 2.75) is 57.9 Å². The monoisotopic (exact) mass is 349 g/mol. The van der Waals surface area contributed by atoms with E-state index in [1.807, 2.05) is 0 Å². The molecule has 2 nitrogen and oxygen atoms in total. The molecule has 1 atom stereocenters. The number of rotatable bonds is 5. The molecule has 1 heterocycles. The Morgan fingerprint density at radius 3 is 2.15 bits per heavy atom. The van der Waals surface area contributed by atoms with Crippen LogP contribution in [0, 0.1) is 0 Å². The van der Waals surface area contributed by atoms with E-state index in [9.17, 15) is 5.11 Å². The molecular weight excluding hydrogens is 318 g/mol. The van der Waals surface area contributed by atoms with Crippen LogP contribution in [0.15, 0.2) is 60.9 Å². The van der Waals surface area contributed by atoms with Crippen LogP contribution in [-0.2, 0) is 11.8 Å². The highest BCUT2D eigenvalue weighted by Gasteiger charge is 2.25. The van der Waals surface area contributed by atoms with Crippen LogP contribution in [0.2, 0.25) is 0 Å². The molecule has 0 amide bonds. The van der Waals surface area contributed by atoms with Gasteiger partial charge in [0.1, 0.15) is 0 Å². The minimum Gasteiger partial charge on any atom is -0.513 e. The lowest BCUT2D eigenvalue weighted by Crippen LogP contribution is -2.29.